The van der Waals surface area contributed by atoms with Crippen LogP contribution in [0.3, 0.4) is 0 Å². The number of rotatable bonds is 9. The van der Waals surface area contributed by atoms with E-state index in [2.05, 4.69) is 17.0 Å². The SMILES string of the molecule is CCC(=O)OC1(c2ccccc2)CCN(CCCCOc2ccccc2)CC1.Cl. The molecule has 1 saturated heterocycles. The molecule has 0 radical (unpaired) electrons. The summed E-state index contributed by atoms with van der Waals surface area (Å²) < 4.78 is 11.7. The molecule has 0 aliphatic carbocycles. The van der Waals surface area contributed by atoms with Crippen molar-refractivity contribution in [3.63, 3.8) is 0 Å². The second kappa shape index (κ2) is 11.8. The number of hydrogen-bond acceptors (Lipinski definition) is 4. The van der Waals surface area contributed by atoms with Crippen LogP contribution in [0.4, 0.5) is 0 Å². The molecule has 3 rings (SSSR count). The van der Waals surface area contributed by atoms with E-state index in [4.69, 9.17) is 9.47 Å². The van der Waals surface area contributed by atoms with E-state index in [-0.39, 0.29) is 18.4 Å². The minimum Gasteiger partial charge on any atom is -0.494 e. The van der Waals surface area contributed by atoms with Crippen molar-refractivity contribution in [1.29, 1.82) is 0 Å². The van der Waals surface area contributed by atoms with Crippen molar-refractivity contribution in [2.75, 3.05) is 26.2 Å². The maximum Gasteiger partial charge on any atom is 0.306 e. The van der Waals surface area contributed by atoms with Crippen LogP contribution in [0.1, 0.15) is 44.6 Å². The normalized spacial score (nSPS) is 15.9. The fourth-order valence-electron chi connectivity index (χ4n) is 3.76. The molecule has 1 fully saturated rings. The fraction of sp³-hybridized carbons (Fsp3) is 0.458. The molecule has 158 valence electrons. The van der Waals surface area contributed by atoms with Gasteiger partial charge in [-0.1, -0.05) is 55.5 Å². The third-order valence-electron chi connectivity index (χ3n) is 5.44. The van der Waals surface area contributed by atoms with Gasteiger partial charge in [-0.05, 0) is 37.1 Å². The summed E-state index contributed by atoms with van der Waals surface area (Å²) in [7, 11) is 0. The van der Waals surface area contributed by atoms with Crippen LogP contribution in [-0.2, 0) is 15.1 Å². The van der Waals surface area contributed by atoms with E-state index < -0.39 is 5.60 Å². The molecule has 0 saturated carbocycles. The van der Waals surface area contributed by atoms with Gasteiger partial charge in [-0.2, -0.15) is 0 Å². The van der Waals surface area contributed by atoms with Crippen molar-refractivity contribution in [2.45, 2.75) is 44.6 Å². The number of carbonyl (C=O) groups excluding carboxylic acids is 1. The van der Waals surface area contributed by atoms with Crippen LogP contribution < -0.4 is 4.74 Å². The van der Waals surface area contributed by atoms with Gasteiger partial charge in [0.1, 0.15) is 11.4 Å². The number of benzene rings is 2. The molecule has 1 heterocycles. The van der Waals surface area contributed by atoms with Gasteiger partial charge in [-0.15, -0.1) is 12.4 Å². The molecule has 0 unspecified atom stereocenters. The molecule has 1 aliphatic heterocycles. The second-order valence-corrected chi connectivity index (χ2v) is 7.40. The van der Waals surface area contributed by atoms with Gasteiger partial charge in [0.2, 0.25) is 0 Å². The highest BCUT2D eigenvalue weighted by Crippen LogP contribution is 2.37. The number of unbranched alkanes of at least 4 members (excludes halogenated alkanes) is 1. The van der Waals surface area contributed by atoms with Gasteiger partial charge in [0, 0.05) is 32.4 Å². The molecule has 0 amide bonds. The number of esters is 1. The molecule has 0 spiro atoms. The largest absolute Gasteiger partial charge is 0.494 e. The first kappa shape index (κ1) is 23.2. The minimum absolute atomic E-state index is 0. The fourth-order valence-corrected chi connectivity index (χ4v) is 3.76. The van der Waals surface area contributed by atoms with E-state index >= 15 is 0 Å². The number of ether oxygens (including phenoxy) is 2. The summed E-state index contributed by atoms with van der Waals surface area (Å²) in [6.07, 6.45) is 4.27. The van der Waals surface area contributed by atoms with Crippen molar-refractivity contribution in [3.05, 3.63) is 66.2 Å². The number of likely N-dealkylation sites (tertiary alicyclic amines) is 1. The first-order valence-electron chi connectivity index (χ1n) is 10.4. The Hall–Kier alpha value is -2.04. The lowest BCUT2D eigenvalue weighted by Gasteiger charge is -2.41. The molecule has 29 heavy (non-hydrogen) atoms. The maximum atomic E-state index is 12.1. The summed E-state index contributed by atoms with van der Waals surface area (Å²) in [6.45, 7) is 5.56. The summed E-state index contributed by atoms with van der Waals surface area (Å²) in [6, 6.07) is 20.2. The van der Waals surface area contributed by atoms with E-state index in [1.807, 2.05) is 55.5 Å². The van der Waals surface area contributed by atoms with Gasteiger partial charge in [-0.3, -0.25) is 4.79 Å². The van der Waals surface area contributed by atoms with E-state index in [0.29, 0.717) is 6.42 Å². The molecule has 0 bridgehead atoms. The minimum atomic E-state index is -0.471. The van der Waals surface area contributed by atoms with Gasteiger partial charge >= 0.3 is 5.97 Å². The predicted octanol–water partition coefficient (Wildman–Crippen LogP) is 5.21. The molecular formula is C24H32ClNO3. The standard InChI is InChI=1S/C24H31NO3.ClH/c1-2-23(26)28-24(21-11-5-3-6-12-21)15-18-25(19-16-24)17-9-10-20-27-22-13-7-4-8-14-22;/h3-8,11-14H,2,9-10,15-20H2,1H3;1H. The van der Waals surface area contributed by atoms with E-state index in [0.717, 1.165) is 63.2 Å². The Balaban J connectivity index is 0.00000300. The summed E-state index contributed by atoms with van der Waals surface area (Å²) in [5, 5.41) is 0. The predicted molar refractivity (Wildman–Crippen MR) is 119 cm³/mol. The van der Waals surface area contributed by atoms with E-state index in [1.54, 1.807) is 0 Å². The topological polar surface area (TPSA) is 38.8 Å². The first-order valence-corrected chi connectivity index (χ1v) is 10.4. The summed E-state index contributed by atoms with van der Waals surface area (Å²) in [5.74, 6) is 0.821. The van der Waals surface area contributed by atoms with Gasteiger partial charge < -0.3 is 14.4 Å². The molecule has 4 nitrogen and oxygen atoms in total. The Morgan fingerprint density at radius 2 is 1.59 bits per heavy atom. The lowest BCUT2D eigenvalue weighted by molar-refractivity contribution is -0.166. The van der Waals surface area contributed by atoms with Gasteiger partial charge in [0.15, 0.2) is 0 Å². The van der Waals surface area contributed by atoms with Crippen LogP contribution in [0.25, 0.3) is 0 Å². The molecular weight excluding hydrogens is 386 g/mol. The van der Waals surface area contributed by atoms with Crippen molar-refractivity contribution in [1.82, 2.24) is 4.90 Å². The molecule has 2 aromatic rings. The maximum absolute atomic E-state index is 12.1. The average Bonchev–Trinajstić information content (AvgIpc) is 2.76. The molecule has 5 heteroatoms. The lowest BCUT2D eigenvalue weighted by atomic mass is 9.84. The zero-order valence-electron chi connectivity index (χ0n) is 17.2. The Morgan fingerprint density at radius 3 is 2.21 bits per heavy atom. The molecule has 0 aromatic heterocycles. The highest BCUT2D eigenvalue weighted by molar-refractivity contribution is 5.85. The van der Waals surface area contributed by atoms with Gasteiger partial charge in [0.25, 0.3) is 0 Å². The molecule has 1 aliphatic rings. The van der Waals surface area contributed by atoms with E-state index in [9.17, 15) is 4.79 Å². The summed E-state index contributed by atoms with van der Waals surface area (Å²) >= 11 is 0. The highest BCUT2D eigenvalue weighted by Gasteiger charge is 2.39. The Bertz CT molecular complexity index is 715. The number of hydrogen-bond donors (Lipinski definition) is 0. The summed E-state index contributed by atoms with van der Waals surface area (Å²) in [5.41, 5.74) is 0.647. The number of para-hydroxylation sites is 1. The first-order chi connectivity index (χ1) is 13.7. The van der Waals surface area contributed by atoms with Gasteiger partial charge in [-0.25, -0.2) is 0 Å². The molecule has 0 atom stereocenters. The smallest absolute Gasteiger partial charge is 0.306 e. The highest BCUT2D eigenvalue weighted by atomic mass is 35.5. The number of nitrogens with zero attached hydrogens (tertiary/aromatic N) is 1. The summed E-state index contributed by atoms with van der Waals surface area (Å²) in [4.78, 5) is 14.5. The van der Waals surface area contributed by atoms with Crippen LogP contribution in [-0.4, -0.2) is 37.1 Å². The Labute approximate surface area is 180 Å². The lowest BCUT2D eigenvalue weighted by Crippen LogP contribution is -2.45. The number of piperidine rings is 1. The average molecular weight is 418 g/mol. The number of halogens is 1. The van der Waals surface area contributed by atoms with Crippen LogP contribution in [0.2, 0.25) is 0 Å². The second-order valence-electron chi connectivity index (χ2n) is 7.40. The molecule has 2 aromatic carbocycles. The van der Waals surface area contributed by atoms with E-state index in [1.165, 1.54) is 0 Å². The zero-order valence-corrected chi connectivity index (χ0v) is 18.0. The van der Waals surface area contributed by atoms with Crippen LogP contribution in [0, 0.1) is 0 Å². The quantitative estimate of drug-likeness (QED) is 0.414. The Morgan fingerprint density at radius 1 is 0.966 bits per heavy atom. The Kier molecular flexibility index (Phi) is 9.49. The molecule has 0 N–H and O–H groups in total. The van der Waals surface area contributed by atoms with Crippen LogP contribution in [0.5, 0.6) is 5.75 Å². The third kappa shape index (κ3) is 6.76. The van der Waals surface area contributed by atoms with Gasteiger partial charge in [0.05, 0.1) is 6.61 Å². The third-order valence-corrected chi connectivity index (χ3v) is 5.44. The van der Waals surface area contributed by atoms with Crippen LogP contribution >= 0.6 is 12.4 Å². The van der Waals surface area contributed by atoms with Crippen molar-refractivity contribution >= 4 is 18.4 Å². The van der Waals surface area contributed by atoms with Crippen molar-refractivity contribution < 1.29 is 14.3 Å². The zero-order chi connectivity index (χ0) is 19.7. The van der Waals surface area contributed by atoms with Crippen molar-refractivity contribution in [3.8, 4) is 5.75 Å². The van der Waals surface area contributed by atoms with Crippen LogP contribution in [0.15, 0.2) is 60.7 Å². The number of carbonyl (C=O) groups is 1. The monoisotopic (exact) mass is 417 g/mol. The van der Waals surface area contributed by atoms with Crippen molar-refractivity contribution in [2.24, 2.45) is 0 Å².